The number of carbonyl (C=O) groups is 1. The molecule has 1 aromatic heterocycles. The first-order valence-electron chi connectivity index (χ1n) is 11.4. The van der Waals surface area contributed by atoms with E-state index in [0.717, 1.165) is 29.5 Å². The quantitative estimate of drug-likeness (QED) is 0.335. The number of amides is 1. The van der Waals surface area contributed by atoms with E-state index in [1.54, 1.807) is 0 Å². The zero-order valence-corrected chi connectivity index (χ0v) is 23.6. The Kier molecular flexibility index (Phi) is 8.80. The molecule has 0 unspecified atom stereocenters. The van der Waals surface area contributed by atoms with E-state index in [0.29, 0.717) is 22.3 Å². The third-order valence-electron chi connectivity index (χ3n) is 6.01. The number of rotatable bonds is 9. The molecule has 0 radical (unpaired) electrons. The predicted octanol–water partition coefficient (Wildman–Crippen LogP) is 5.70. The minimum Gasteiger partial charge on any atom is -0.467 e. The maximum absolute atomic E-state index is 13.0. The van der Waals surface area contributed by atoms with E-state index in [1.165, 1.54) is 49.9 Å². The lowest BCUT2D eigenvalue weighted by Crippen LogP contribution is -2.27. The monoisotopic (exact) mass is 613 g/mol. The highest BCUT2D eigenvalue weighted by Gasteiger charge is 2.28. The zero-order valence-electron chi connectivity index (χ0n) is 19.6. The van der Waals surface area contributed by atoms with E-state index in [2.05, 4.69) is 38.3 Å². The van der Waals surface area contributed by atoms with E-state index in [1.807, 2.05) is 12.1 Å². The second-order valence-electron chi connectivity index (χ2n) is 8.74. The number of benzene rings is 2. The highest BCUT2D eigenvalue weighted by molar-refractivity contribution is 9.10. The number of carbonyl (C=O) groups excluding carboxylic acids is 1. The van der Waals surface area contributed by atoms with Crippen LogP contribution in [0.5, 0.6) is 0 Å². The molecule has 0 saturated carbocycles. The first kappa shape index (κ1) is 27.2. The van der Waals surface area contributed by atoms with Crippen LogP contribution in [-0.4, -0.2) is 43.7 Å². The molecule has 1 aliphatic rings. The summed E-state index contributed by atoms with van der Waals surface area (Å²) < 4.78 is 33.1. The Morgan fingerprint density at radius 1 is 1.08 bits per heavy atom. The average molecular weight is 615 g/mol. The second kappa shape index (κ2) is 11.7. The molecule has 0 aliphatic carbocycles. The van der Waals surface area contributed by atoms with Crippen molar-refractivity contribution < 1.29 is 17.6 Å². The summed E-state index contributed by atoms with van der Waals surface area (Å²) in [6.45, 7) is 3.53. The summed E-state index contributed by atoms with van der Waals surface area (Å²) in [5.74, 6) is -0.00232. The molecular weight excluding hydrogens is 589 g/mol. The van der Waals surface area contributed by atoms with Gasteiger partial charge in [-0.05, 0) is 55.3 Å². The van der Waals surface area contributed by atoms with Gasteiger partial charge in [0, 0.05) is 24.6 Å². The predicted molar refractivity (Wildman–Crippen MR) is 144 cm³/mol. The molecule has 1 N–H and O–H groups in total. The fraction of sp³-hybridized carbons (Fsp3) is 0.320. The molecule has 11 heteroatoms. The fourth-order valence-electron chi connectivity index (χ4n) is 4.06. The summed E-state index contributed by atoms with van der Waals surface area (Å²) in [6, 6.07) is 12.7. The minimum absolute atomic E-state index is 0.00446. The molecule has 7 nitrogen and oxygen atoms in total. The molecule has 3 aromatic rings. The summed E-state index contributed by atoms with van der Waals surface area (Å²) in [5, 5.41) is 2.88. The van der Waals surface area contributed by atoms with Gasteiger partial charge in [-0.15, -0.1) is 0 Å². The molecule has 1 amide bonds. The first-order valence-corrected chi connectivity index (χ1v) is 14.4. The van der Waals surface area contributed by atoms with Crippen LogP contribution in [0.4, 0.5) is 0 Å². The Morgan fingerprint density at radius 3 is 2.33 bits per heavy atom. The van der Waals surface area contributed by atoms with Crippen LogP contribution in [0.15, 0.2) is 62.5 Å². The summed E-state index contributed by atoms with van der Waals surface area (Å²) in [5.41, 5.74) is 2.56. The molecule has 2 aromatic carbocycles. The molecular formula is C25H26BrCl2N3O4S. The van der Waals surface area contributed by atoms with Gasteiger partial charge in [-0.1, -0.05) is 63.4 Å². The van der Waals surface area contributed by atoms with Gasteiger partial charge in [0.15, 0.2) is 0 Å². The normalized spacial score (nSPS) is 14.5. The summed E-state index contributed by atoms with van der Waals surface area (Å²) in [7, 11) is -2.61. The van der Waals surface area contributed by atoms with Gasteiger partial charge < -0.3 is 9.73 Å². The molecule has 1 fully saturated rings. The summed E-state index contributed by atoms with van der Waals surface area (Å²) in [4.78, 5) is 14.9. The number of nitrogens with zero attached hydrogens (tertiary/aromatic N) is 2. The van der Waals surface area contributed by atoms with Crippen LogP contribution in [0, 0.1) is 0 Å². The van der Waals surface area contributed by atoms with Gasteiger partial charge in [-0.3, -0.25) is 9.69 Å². The lowest BCUT2D eigenvalue weighted by molar-refractivity contribution is 0.0950. The maximum atomic E-state index is 13.0. The van der Waals surface area contributed by atoms with E-state index in [4.69, 9.17) is 27.6 Å². The lowest BCUT2D eigenvalue weighted by Gasteiger charge is -2.18. The fourth-order valence-corrected chi connectivity index (χ4v) is 7.08. The van der Waals surface area contributed by atoms with Crippen molar-refractivity contribution in [3.8, 4) is 0 Å². The number of sulfonamides is 1. The zero-order chi connectivity index (χ0) is 25.9. The van der Waals surface area contributed by atoms with Crippen molar-refractivity contribution in [2.45, 2.75) is 37.4 Å². The van der Waals surface area contributed by atoms with Gasteiger partial charge >= 0.3 is 0 Å². The number of hydrogen-bond acceptors (Lipinski definition) is 5. The van der Waals surface area contributed by atoms with E-state index >= 15 is 0 Å². The molecule has 192 valence electrons. The van der Waals surface area contributed by atoms with E-state index in [9.17, 15) is 13.2 Å². The number of hydrogen-bond donors (Lipinski definition) is 1. The molecule has 1 saturated heterocycles. The van der Waals surface area contributed by atoms with Gasteiger partial charge in [0.2, 0.25) is 10.0 Å². The highest BCUT2D eigenvalue weighted by atomic mass is 79.9. The van der Waals surface area contributed by atoms with Crippen LogP contribution in [-0.2, 0) is 29.7 Å². The summed E-state index contributed by atoms with van der Waals surface area (Å²) >= 11 is 15.5. The molecule has 4 rings (SSSR count). The molecule has 2 heterocycles. The lowest BCUT2D eigenvalue weighted by atomic mass is 10.1. The average Bonchev–Trinajstić information content (AvgIpc) is 3.50. The molecule has 0 spiro atoms. The van der Waals surface area contributed by atoms with Crippen LogP contribution in [0.25, 0.3) is 0 Å². The third kappa shape index (κ3) is 6.51. The van der Waals surface area contributed by atoms with Crippen molar-refractivity contribution in [3.05, 3.63) is 85.7 Å². The smallest absolute Gasteiger partial charge is 0.254 e. The number of nitrogens with one attached hydrogen (secondary N) is 1. The first-order chi connectivity index (χ1) is 17.1. The van der Waals surface area contributed by atoms with Gasteiger partial charge in [0.25, 0.3) is 5.91 Å². The van der Waals surface area contributed by atoms with Crippen LogP contribution in [0.1, 0.15) is 40.1 Å². The Bertz CT molecular complexity index is 1320. The van der Waals surface area contributed by atoms with Crippen molar-refractivity contribution in [2.24, 2.45) is 0 Å². The number of furan rings is 1. The van der Waals surface area contributed by atoms with Crippen molar-refractivity contribution in [3.63, 3.8) is 0 Å². The highest BCUT2D eigenvalue weighted by Crippen LogP contribution is 2.34. The minimum atomic E-state index is -4.00. The third-order valence-corrected chi connectivity index (χ3v) is 9.19. The van der Waals surface area contributed by atoms with E-state index < -0.39 is 10.0 Å². The second-order valence-corrected chi connectivity index (χ2v) is 12.5. The topological polar surface area (TPSA) is 82.9 Å². The Morgan fingerprint density at radius 2 is 1.69 bits per heavy atom. The standard InChI is InChI=1S/C25H26BrCl2N3O4S/c1-30(36(33,34)24-22(27)11-20(26)12-23(24)28)15-21-10-19(16-35-21)25(32)29-13-17-4-6-18(7-5-17)14-31-8-2-3-9-31/h4-7,10-12,16H,2-3,8-9,13-15H2,1H3,(H,29,32). The van der Waals surface area contributed by atoms with Gasteiger partial charge in [0.1, 0.15) is 16.9 Å². The van der Waals surface area contributed by atoms with E-state index in [-0.39, 0.29) is 27.4 Å². The molecule has 0 atom stereocenters. The SMILES string of the molecule is CN(Cc1cc(C(=O)NCc2ccc(CN3CCCC3)cc2)co1)S(=O)(=O)c1c(Cl)cc(Br)cc1Cl. The Labute approximate surface area is 229 Å². The molecule has 0 bridgehead atoms. The van der Waals surface area contributed by atoms with Crippen LogP contribution in [0.2, 0.25) is 10.0 Å². The van der Waals surface area contributed by atoms with Crippen molar-refractivity contribution in [1.82, 2.24) is 14.5 Å². The maximum Gasteiger partial charge on any atom is 0.254 e. The van der Waals surface area contributed by atoms with Gasteiger partial charge in [-0.25, -0.2) is 8.42 Å². The van der Waals surface area contributed by atoms with Crippen LogP contribution in [0.3, 0.4) is 0 Å². The number of halogens is 3. The van der Waals surface area contributed by atoms with Gasteiger partial charge in [0.05, 0.1) is 22.2 Å². The molecule has 36 heavy (non-hydrogen) atoms. The summed E-state index contributed by atoms with van der Waals surface area (Å²) in [6.07, 6.45) is 3.84. The van der Waals surface area contributed by atoms with Crippen molar-refractivity contribution in [2.75, 3.05) is 20.1 Å². The van der Waals surface area contributed by atoms with Crippen molar-refractivity contribution >= 4 is 55.1 Å². The molecule has 1 aliphatic heterocycles. The number of likely N-dealkylation sites (tertiary alicyclic amines) is 1. The van der Waals surface area contributed by atoms with Gasteiger partial charge in [-0.2, -0.15) is 4.31 Å². The largest absolute Gasteiger partial charge is 0.467 e. The van der Waals surface area contributed by atoms with Crippen molar-refractivity contribution in [1.29, 1.82) is 0 Å². The Balaban J connectivity index is 1.34. The Hall–Kier alpha value is -1.88. The van der Waals surface area contributed by atoms with Crippen LogP contribution < -0.4 is 5.32 Å². The van der Waals surface area contributed by atoms with Crippen LogP contribution >= 0.6 is 39.1 Å².